The van der Waals surface area contributed by atoms with Crippen LogP contribution in [0.2, 0.25) is 5.02 Å². The van der Waals surface area contributed by atoms with Gasteiger partial charge in [0.05, 0.1) is 6.61 Å². The van der Waals surface area contributed by atoms with Crippen molar-refractivity contribution in [3.8, 4) is 5.75 Å². The van der Waals surface area contributed by atoms with Crippen molar-refractivity contribution in [2.75, 3.05) is 13.2 Å². The first kappa shape index (κ1) is 10.8. The Balaban J connectivity index is 2.56. The SMILES string of the molecule is OCCCOc1cc(Cl)cc(Br)c1. The number of hydrogen-bond donors (Lipinski definition) is 1. The molecule has 0 atom stereocenters. The van der Waals surface area contributed by atoms with E-state index in [0.717, 1.165) is 4.47 Å². The van der Waals surface area contributed by atoms with Crippen molar-refractivity contribution in [2.24, 2.45) is 0 Å². The maximum Gasteiger partial charge on any atom is 0.121 e. The minimum atomic E-state index is 0.141. The monoisotopic (exact) mass is 264 g/mol. The van der Waals surface area contributed by atoms with Crippen LogP contribution in [0.25, 0.3) is 0 Å². The molecule has 0 spiro atoms. The van der Waals surface area contributed by atoms with Gasteiger partial charge in [0.15, 0.2) is 0 Å². The maximum absolute atomic E-state index is 8.54. The molecule has 2 nitrogen and oxygen atoms in total. The summed E-state index contributed by atoms with van der Waals surface area (Å²) in [6.07, 6.45) is 0.629. The predicted molar refractivity (Wildman–Crippen MR) is 56.3 cm³/mol. The molecule has 1 rings (SSSR count). The normalized spacial score (nSPS) is 10.1. The summed E-state index contributed by atoms with van der Waals surface area (Å²) in [5.74, 6) is 0.716. The van der Waals surface area contributed by atoms with Crippen molar-refractivity contribution in [1.82, 2.24) is 0 Å². The fraction of sp³-hybridized carbons (Fsp3) is 0.333. The molecule has 1 N–H and O–H groups in total. The Kier molecular flexibility index (Phi) is 4.56. The van der Waals surface area contributed by atoms with E-state index in [1.807, 2.05) is 6.07 Å². The van der Waals surface area contributed by atoms with Crippen LogP contribution in [-0.4, -0.2) is 18.3 Å². The fourth-order valence-electron chi connectivity index (χ4n) is 0.866. The third-order valence-corrected chi connectivity index (χ3v) is 2.08. The van der Waals surface area contributed by atoms with Gasteiger partial charge in [0.2, 0.25) is 0 Å². The minimum Gasteiger partial charge on any atom is -0.493 e. The van der Waals surface area contributed by atoms with Crippen molar-refractivity contribution < 1.29 is 9.84 Å². The van der Waals surface area contributed by atoms with E-state index >= 15 is 0 Å². The van der Waals surface area contributed by atoms with Crippen LogP contribution in [0.3, 0.4) is 0 Å². The highest BCUT2D eigenvalue weighted by molar-refractivity contribution is 9.10. The third-order valence-electron chi connectivity index (χ3n) is 1.41. The Bertz CT molecular complexity index is 258. The van der Waals surface area contributed by atoms with Crippen molar-refractivity contribution >= 4 is 27.5 Å². The Morgan fingerprint density at radius 2 is 2.15 bits per heavy atom. The van der Waals surface area contributed by atoms with E-state index in [0.29, 0.717) is 23.8 Å². The van der Waals surface area contributed by atoms with Gasteiger partial charge in [0.1, 0.15) is 5.75 Å². The molecule has 0 saturated heterocycles. The molecule has 0 aliphatic heterocycles. The molecular formula is C9H10BrClO2. The summed E-state index contributed by atoms with van der Waals surface area (Å²) in [6, 6.07) is 5.37. The van der Waals surface area contributed by atoms with Gasteiger partial charge in [-0.25, -0.2) is 0 Å². The van der Waals surface area contributed by atoms with Crippen molar-refractivity contribution in [2.45, 2.75) is 6.42 Å². The summed E-state index contributed by atoms with van der Waals surface area (Å²) in [4.78, 5) is 0. The Labute approximate surface area is 90.6 Å². The first-order valence-corrected chi connectivity index (χ1v) is 5.09. The lowest BCUT2D eigenvalue weighted by molar-refractivity contribution is 0.233. The van der Waals surface area contributed by atoms with Gasteiger partial charge < -0.3 is 9.84 Å². The van der Waals surface area contributed by atoms with Gasteiger partial charge in [0, 0.05) is 22.5 Å². The topological polar surface area (TPSA) is 29.5 Å². The molecule has 4 heteroatoms. The van der Waals surface area contributed by atoms with E-state index in [4.69, 9.17) is 21.4 Å². The Morgan fingerprint density at radius 1 is 1.38 bits per heavy atom. The number of hydrogen-bond acceptors (Lipinski definition) is 2. The smallest absolute Gasteiger partial charge is 0.121 e. The van der Waals surface area contributed by atoms with Crippen LogP contribution in [0.1, 0.15) is 6.42 Å². The number of aliphatic hydroxyl groups excluding tert-OH is 1. The first-order chi connectivity index (χ1) is 6.22. The zero-order valence-electron chi connectivity index (χ0n) is 6.96. The van der Waals surface area contributed by atoms with Crippen LogP contribution < -0.4 is 4.74 Å². The van der Waals surface area contributed by atoms with Gasteiger partial charge in [-0.2, -0.15) is 0 Å². The van der Waals surface area contributed by atoms with Crippen molar-refractivity contribution in [3.05, 3.63) is 27.7 Å². The summed E-state index contributed by atoms with van der Waals surface area (Å²) in [7, 11) is 0. The summed E-state index contributed by atoms with van der Waals surface area (Å²) in [5, 5.41) is 9.17. The predicted octanol–water partition coefficient (Wildman–Crippen LogP) is 2.86. The maximum atomic E-state index is 8.54. The molecule has 0 radical (unpaired) electrons. The standard InChI is InChI=1S/C9H10BrClO2/c10-7-4-8(11)6-9(5-7)13-3-1-2-12/h4-6,12H,1-3H2. The molecule has 0 amide bonds. The molecule has 0 unspecified atom stereocenters. The molecule has 72 valence electrons. The largest absolute Gasteiger partial charge is 0.493 e. The van der Waals surface area contributed by atoms with Crippen LogP contribution >= 0.6 is 27.5 Å². The van der Waals surface area contributed by atoms with Gasteiger partial charge in [-0.05, 0) is 18.2 Å². The van der Waals surface area contributed by atoms with E-state index in [-0.39, 0.29) is 6.61 Å². The van der Waals surface area contributed by atoms with Crippen LogP contribution in [0.15, 0.2) is 22.7 Å². The Hall–Kier alpha value is -0.250. The van der Waals surface area contributed by atoms with E-state index in [1.54, 1.807) is 12.1 Å². The first-order valence-electron chi connectivity index (χ1n) is 3.92. The number of halogens is 2. The average molecular weight is 266 g/mol. The molecule has 1 aromatic carbocycles. The third kappa shape index (κ3) is 3.98. The average Bonchev–Trinajstić information content (AvgIpc) is 2.03. The van der Waals surface area contributed by atoms with Crippen molar-refractivity contribution in [3.63, 3.8) is 0 Å². The van der Waals surface area contributed by atoms with Gasteiger partial charge in [0.25, 0.3) is 0 Å². The molecule has 0 aliphatic carbocycles. The molecule has 0 aliphatic rings. The van der Waals surface area contributed by atoms with E-state index in [2.05, 4.69) is 15.9 Å². The zero-order valence-corrected chi connectivity index (χ0v) is 9.31. The van der Waals surface area contributed by atoms with E-state index in [9.17, 15) is 0 Å². The number of rotatable bonds is 4. The summed E-state index contributed by atoms with van der Waals surface area (Å²) >= 11 is 9.11. The van der Waals surface area contributed by atoms with E-state index < -0.39 is 0 Å². The van der Waals surface area contributed by atoms with Gasteiger partial charge >= 0.3 is 0 Å². The second kappa shape index (κ2) is 5.47. The van der Waals surface area contributed by atoms with Crippen LogP contribution in [0, 0.1) is 0 Å². The number of aliphatic hydroxyl groups is 1. The number of ether oxygens (including phenoxy) is 1. The summed E-state index contributed by atoms with van der Waals surface area (Å²) in [6.45, 7) is 0.644. The minimum absolute atomic E-state index is 0.141. The fourth-order valence-corrected chi connectivity index (χ4v) is 1.70. The van der Waals surface area contributed by atoms with Gasteiger partial charge in [-0.3, -0.25) is 0 Å². The van der Waals surface area contributed by atoms with Crippen LogP contribution in [0.5, 0.6) is 5.75 Å². The molecule has 0 saturated carbocycles. The quantitative estimate of drug-likeness (QED) is 0.848. The molecular weight excluding hydrogens is 255 g/mol. The van der Waals surface area contributed by atoms with Gasteiger partial charge in [-0.1, -0.05) is 27.5 Å². The molecule has 0 bridgehead atoms. The summed E-state index contributed by atoms with van der Waals surface area (Å²) in [5.41, 5.74) is 0. The lowest BCUT2D eigenvalue weighted by Crippen LogP contribution is -1.99. The molecule has 0 aromatic heterocycles. The lowest BCUT2D eigenvalue weighted by Gasteiger charge is -2.05. The number of benzene rings is 1. The highest BCUT2D eigenvalue weighted by Crippen LogP contribution is 2.24. The zero-order chi connectivity index (χ0) is 9.68. The van der Waals surface area contributed by atoms with E-state index in [1.165, 1.54) is 0 Å². The van der Waals surface area contributed by atoms with Crippen molar-refractivity contribution in [1.29, 1.82) is 0 Å². The lowest BCUT2D eigenvalue weighted by atomic mass is 10.3. The van der Waals surface area contributed by atoms with Crippen LogP contribution in [0.4, 0.5) is 0 Å². The molecule has 0 fully saturated rings. The molecule has 13 heavy (non-hydrogen) atoms. The molecule has 1 aromatic rings. The highest BCUT2D eigenvalue weighted by Gasteiger charge is 1.98. The second-order valence-electron chi connectivity index (χ2n) is 2.53. The Morgan fingerprint density at radius 3 is 2.77 bits per heavy atom. The molecule has 0 heterocycles. The highest BCUT2D eigenvalue weighted by atomic mass is 79.9. The second-order valence-corrected chi connectivity index (χ2v) is 3.88. The van der Waals surface area contributed by atoms with Crippen LogP contribution in [-0.2, 0) is 0 Å². The van der Waals surface area contributed by atoms with Gasteiger partial charge in [-0.15, -0.1) is 0 Å². The summed E-state index contributed by atoms with van der Waals surface area (Å²) < 4.78 is 6.22.